The molecule has 2 N–H and O–H groups in total. The van der Waals surface area contributed by atoms with E-state index in [2.05, 4.69) is 171 Å². The second-order valence-corrected chi connectivity index (χ2v) is 26.2. The third-order valence-corrected chi connectivity index (χ3v) is 21.5. The van der Waals surface area contributed by atoms with Gasteiger partial charge in [0.15, 0.2) is 14.3 Å². The maximum atomic E-state index is 18.3. The molecule has 5 heterocycles. The normalized spacial score (nSPS) is 12.4. The molecule has 80 heavy (non-hydrogen) atoms. The van der Waals surface area contributed by atoms with Crippen molar-refractivity contribution in [3.8, 4) is 44.5 Å². The number of fused-ring (bicyclic) bond motifs is 8. The molecule has 6 nitrogen and oxygen atoms in total. The molecule has 8 bridgehead atoms. The molecule has 2 aliphatic heterocycles. The Balaban J connectivity index is 1.37. The Morgan fingerprint density at radius 3 is 0.975 bits per heavy atom. The maximum Gasteiger partial charge on any atom is 0.189 e. The van der Waals surface area contributed by atoms with Crippen LogP contribution in [0.5, 0.6) is 0 Å². The van der Waals surface area contributed by atoms with Gasteiger partial charge in [-0.2, -0.15) is 0 Å². The Bertz CT molecular complexity index is 4420. The minimum atomic E-state index is -4.12. The van der Waals surface area contributed by atoms with Gasteiger partial charge in [-0.05, 0) is 86.4 Å². The molecule has 0 radical (unpaired) electrons. The summed E-state index contributed by atoms with van der Waals surface area (Å²) in [5, 5.41) is 2.91. The van der Waals surface area contributed by atoms with Crippen molar-refractivity contribution in [2.45, 2.75) is 27.7 Å². The highest BCUT2D eigenvalue weighted by molar-refractivity contribution is 7.94. The van der Waals surface area contributed by atoms with Crippen LogP contribution in [0.4, 0.5) is 5.69 Å². The first-order chi connectivity index (χ1) is 39.1. The molecule has 8 heteroatoms. The van der Waals surface area contributed by atoms with Crippen molar-refractivity contribution in [3.63, 3.8) is 0 Å². The Morgan fingerprint density at radius 2 is 0.613 bits per heavy atom. The standard InChI is InChI=1S/C72H56N4O2P2/c1-47-25-33-51(34-26-47)65-59-41-42-60(73-59)66(52-35-27-48(2)28-36-52)62-44-46-64(75-62)68(54-39-31-50(4)32-40-54)70-71(79(77,55-17-9-5-10-18-55)56-19-11-6-12-20-56)69(67(63-45-43-61(65)74-63)53-37-29-49(3)30-38-53)72(76-70)80(78,57-21-13-7-14-22-57)58-23-15-8-16-24-58/h5-46,74-75H,1-4H3. The van der Waals surface area contributed by atoms with Crippen molar-refractivity contribution in [1.82, 2.24) is 15.0 Å². The molecule has 8 aromatic carbocycles. The SMILES string of the molecule is Cc1ccc(-c2c3nc(c(-c4ccc(C)cc4)c4ccc([nH]4)c(-c4ccc(C)cc4)c4c(P(=O)(c5ccccc5)c5ccccc5)c(c(-c5ccc(C)cc5)c5ccc2[nH]5)N=C4P(=O)(c2ccccc2)c2ccccc2)C=C3)cc1. The number of nitrogens with one attached hydrogen (secondary N) is 2. The number of aromatic amines is 2. The van der Waals surface area contributed by atoms with Gasteiger partial charge >= 0.3 is 0 Å². The van der Waals surface area contributed by atoms with Crippen LogP contribution in [-0.2, 0) is 9.13 Å². The van der Waals surface area contributed by atoms with Gasteiger partial charge in [-0.3, -0.25) is 0 Å². The van der Waals surface area contributed by atoms with Crippen LogP contribution in [0, 0.1) is 27.7 Å². The molecule has 0 fully saturated rings. The van der Waals surface area contributed by atoms with Gasteiger partial charge in [0.2, 0.25) is 0 Å². The highest BCUT2D eigenvalue weighted by Gasteiger charge is 2.46. The average molecular weight is 1070 g/mol. The molecule has 0 saturated heterocycles. The summed E-state index contributed by atoms with van der Waals surface area (Å²) in [4.78, 5) is 19.6. The molecular formula is C72H56N4O2P2. The minimum absolute atomic E-state index is 0.330. The average Bonchev–Trinajstić information content (AvgIpc) is 4.41. The van der Waals surface area contributed by atoms with Crippen LogP contribution >= 0.6 is 14.3 Å². The van der Waals surface area contributed by atoms with Crippen LogP contribution in [0.25, 0.3) is 78.7 Å². The predicted molar refractivity (Wildman–Crippen MR) is 338 cm³/mol. The Morgan fingerprint density at radius 1 is 0.312 bits per heavy atom. The van der Waals surface area contributed by atoms with Crippen LogP contribution in [0.15, 0.2) is 248 Å². The number of nitrogens with zero attached hydrogens (tertiary/aromatic N) is 2. The van der Waals surface area contributed by atoms with Crippen LogP contribution in [0.2, 0.25) is 0 Å². The number of hydrogen-bond donors (Lipinski definition) is 2. The molecule has 0 aliphatic carbocycles. The van der Waals surface area contributed by atoms with Crippen LogP contribution in [0.1, 0.15) is 39.2 Å². The van der Waals surface area contributed by atoms with Crippen molar-refractivity contribution in [2.75, 3.05) is 0 Å². The van der Waals surface area contributed by atoms with Gasteiger partial charge in [0, 0.05) is 71.1 Å². The molecule has 0 unspecified atom stereocenters. The van der Waals surface area contributed by atoms with E-state index >= 15 is 9.13 Å². The van der Waals surface area contributed by atoms with E-state index < -0.39 is 14.3 Å². The fourth-order valence-electron chi connectivity index (χ4n) is 11.4. The summed E-state index contributed by atoms with van der Waals surface area (Å²) in [5.74, 6) is 0. The number of rotatable bonds is 10. The quantitative estimate of drug-likeness (QED) is 0.134. The molecule has 3 aromatic heterocycles. The summed E-state index contributed by atoms with van der Waals surface area (Å²) in [7, 11) is -8.19. The number of benzene rings is 8. The number of aryl methyl sites for hydroxylation is 4. The fourth-order valence-corrected chi connectivity index (χ4v) is 17.2. The molecule has 0 atom stereocenters. The second kappa shape index (κ2) is 20.6. The lowest BCUT2D eigenvalue weighted by molar-refractivity contribution is 0.592. The maximum absolute atomic E-state index is 18.3. The van der Waals surface area contributed by atoms with Crippen LogP contribution < -0.4 is 26.5 Å². The predicted octanol–water partition coefficient (Wildman–Crippen LogP) is 16.7. The largest absolute Gasteiger partial charge is 0.354 e. The third-order valence-electron chi connectivity index (χ3n) is 15.4. The molecular weight excluding hydrogens is 1010 g/mol. The highest BCUT2D eigenvalue weighted by Crippen LogP contribution is 2.59. The van der Waals surface area contributed by atoms with Crippen molar-refractivity contribution < 1.29 is 9.13 Å². The van der Waals surface area contributed by atoms with Gasteiger partial charge in [0.1, 0.15) is 5.45 Å². The Labute approximate surface area is 466 Å². The van der Waals surface area contributed by atoms with Gasteiger partial charge in [0.05, 0.1) is 22.4 Å². The lowest BCUT2D eigenvalue weighted by atomic mass is 9.99. The molecule has 13 rings (SSSR count). The Kier molecular flexibility index (Phi) is 12.9. The topological polar surface area (TPSA) is 91.0 Å². The first kappa shape index (κ1) is 50.3. The van der Waals surface area contributed by atoms with E-state index in [4.69, 9.17) is 9.98 Å². The number of H-pyrrole nitrogens is 2. The van der Waals surface area contributed by atoms with E-state index in [0.29, 0.717) is 54.4 Å². The molecule has 0 amide bonds. The minimum Gasteiger partial charge on any atom is -0.354 e. The number of aliphatic imine (C=N–C) groups is 1. The zero-order valence-electron chi connectivity index (χ0n) is 44.9. The molecule has 0 saturated carbocycles. The zero-order valence-corrected chi connectivity index (χ0v) is 46.6. The van der Waals surface area contributed by atoms with Crippen molar-refractivity contribution in [3.05, 3.63) is 282 Å². The third kappa shape index (κ3) is 8.79. The molecule has 0 spiro atoms. The van der Waals surface area contributed by atoms with E-state index in [-0.39, 0.29) is 0 Å². The zero-order chi connectivity index (χ0) is 54.5. The summed E-state index contributed by atoms with van der Waals surface area (Å²) in [6, 6.07) is 81.6. The van der Waals surface area contributed by atoms with E-state index in [1.165, 1.54) is 0 Å². The van der Waals surface area contributed by atoms with Gasteiger partial charge in [-0.25, -0.2) is 9.98 Å². The highest BCUT2D eigenvalue weighted by atomic mass is 31.2. The summed E-state index contributed by atoms with van der Waals surface area (Å²) in [6.45, 7) is 8.36. The van der Waals surface area contributed by atoms with Gasteiger partial charge < -0.3 is 19.1 Å². The van der Waals surface area contributed by atoms with Gasteiger partial charge in [0.25, 0.3) is 0 Å². The number of hydrogen-bond acceptors (Lipinski definition) is 4. The summed E-state index contributed by atoms with van der Waals surface area (Å²) in [5.41, 5.74) is 17.3. The summed E-state index contributed by atoms with van der Waals surface area (Å²) in [6.07, 6.45) is 4.23. The van der Waals surface area contributed by atoms with Crippen molar-refractivity contribution >= 4 is 86.2 Å². The summed E-state index contributed by atoms with van der Waals surface area (Å²) >= 11 is 0. The number of aromatic nitrogens is 3. The van der Waals surface area contributed by atoms with Gasteiger partial charge in [-0.1, -0.05) is 241 Å². The first-order valence-corrected chi connectivity index (χ1v) is 30.4. The monoisotopic (exact) mass is 1070 g/mol. The lowest BCUT2D eigenvalue weighted by Crippen LogP contribution is -2.29. The van der Waals surface area contributed by atoms with Crippen molar-refractivity contribution in [1.29, 1.82) is 0 Å². The van der Waals surface area contributed by atoms with E-state index in [1.807, 2.05) is 121 Å². The molecule has 2 aliphatic rings. The molecule has 386 valence electrons. The van der Waals surface area contributed by atoms with Crippen LogP contribution in [-0.4, -0.2) is 20.4 Å². The first-order valence-electron chi connectivity index (χ1n) is 27.0. The van der Waals surface area contributed by atoms with Crippen LogP contribution in [0.3, 0.4) is 0 Å². The van der Waals surface area contributed by atoms with E-state index in [1.54, 1.807) is 0 Å². The lowest BCUT2D eigenvalue weighted by Gasteiger charge is -2.25. The van der Waals surface area contributed by atoms with E-state index in [0.717, 1.165) is 89.1 Å². The van der Waals surface area contributed by atoms with Gasteiger partial charge in [-0.15, -0.1) is 0 Å². The van der Waals surface area contributed by atoms with E-state index in [9.17, 15) is 0 Å². The second-order valence-electron chi connectivity index (χ2n) is 20.8. The van der Waals surface area contributed by atoms with Crippen molar-refractivity contribution in [2.24, 2.45) is 4.99 Å². The Hall–Kier alpha value is -9.18. The fraction of sp³-hybridized carbons (Fsp3) is 0.0556. The summed E-state index contributed by atoms with van der Waals surface area (Å²) < 4.78 is 36.2. The molecule has 11 aromatic rings. The smallest absolute Gasteiger partial charge is 0.189 e.